The van der Waals surface area contributed by atoms with Crippen molar-refractivity contribution in [2.24, 2.45) is 5.92 Å². The molecule has 0 saturated heterocycles. The molecule has 1 atom stereocenters. The van der Waals surface area contributed by atoms with Gasteiger partial charge in [-0.2, -0.15) is 9.98 Å². The highest BCUT2D eigenvalue weighted by Gasteiger charge is 2.29. The molecule has 0 aliphatic heterocycles. The smallest absolute Gasteiger partial charge is 0.207 e. The molecular formula is C14H17FN2O2S. The van der Waals surface area contributed by atoms with Crippen LogP contribution in [0.1, 0.15) is 32.1 Å². The van der Waals surface area contributed by atoms with E-state index in [1.807, 2.05) is 6.07 Å². The van der Waals surface area contributed by atoms with Crippen molar-refractivity contribution in [1.29, 1.82) is 5.26 Å². The molecule has 1 unspecified atom stereocenters. The Morgan fingerprint density at radius 3 is 2.50 bits per heavy atom. The highest BCUT2D eigenvalue weighted by Crippen LogP contribution is 2.27. The van der Waals surface area contributed by atoms with Crippen LogP contribution in [0.5, 0.6) is 0 Å². The molecule has 4 nitrogen and oxygen atoms in total. The third-order valence-corrected chi connectivity index (χ3v) is 5.14. The fraction of sp³-hybridized carbons (Fsp3) is 0.500. The third-order valence-electron chi connectivity index (χ3n) is 3.67. The van der Waals surface area contributed by atoms with Crippen LogP contribution in [0, 0.1) is 23.1 Å². The Bertz CT molecular complexity index is 604. The molecule has 0 aromatic heterocycles. The van der Waals surface area contributed by atoms with E-state index in [2.05, 4.69) is 4.72 Å². The van der Waals surface area contributed by atoms with Gasteiger partial charge in [-0.05, 0) is 30.9 Å². The number of nitriles is 1. The Morgan fingerprint density at radius 2 is 1.90 bits per heavy atom. The van der Waals surface area contributed by atoms with Crippen molar-refractivity contribution in [1.82, 2.24) is 4.72 Å². The lowest BCUT2D eigenvalue weighted by Crippen LogP contribution is -2.40. The van der Waals surface area contributed by atoms with Gasteiger partial charge >= 0.3 is 0 Å². The zero-order chi connectivity index (χ0) is 14.6. The van der Waals surface area contributed by atoms with E-state index >= 15 is 0 Å². The molecule has 1 fully saturated rings. The van der Waals surface area contributed by atoms with Gasteiger partial charge in [-0.15, -0.1) is 0 Å². The van der Waals surface area contributed by atoms with Crippen molar-refractivity contribution < 1.29 is 12.8 Å². The van der Waals surface area contributed by atoms with Gasteiger partial charge in [-0.25, -0.2) is 12.8 Å². The lowest BCUT2D eigenvalue weighted by molar-refractivity contribution is 0.323. The molecule has 1 saturated carbocycles. The van der Waals surface area contributed by atoms with Crippen molar-refractivity contribution in [2.45, 2.75) is 43.0 Å². The van der Waals surface area contributed by atoms with Crippen LogP contribution in [0.2, 0.25) is 0 Å². The maximum Gasteiger partial charge on any atom is 0.244 e. The summed E-state index contributed by atoms with van der Waals surface area (Å²) in [5, 5.41) is 9.19. The first-order valence-corrected chi connectivity index (χ1v) is 8.19. The minimum atomic E-state index is -4.00. The maximum absolute atomic E-state index is 13.6. The molecule has 20 heavy (non-hydrogen) atoms. The molecule has 6 heteroatoms. The highest BCUT2D eigenvalue weighted by atomic mass is 32.2. The van der Waals surface area contributed by atoms with E-state index in [1.54, 1.807) is 0 Å². The second-order valence-corrected chi connectivity index (χ2v) is 6.74. The number of halogens is 1. The van der Waals surface area contributed by atoms with Gasteiger partial charge < -0.3 is 0 Å². The van der Waals surface area contributed by atoms with Crippen LogP contribution in [-0.4, -0.2) is 14.5 Å². The summed E-state index contributed by atoms with van der Waals surface area (Å²) in [5.74, 6) is -0.796. The number of nitrogens with one attached hydrogen (secondary N) is 1. The van der Waals surface area contributed by atoms with E-state index in [0.717, 1.165) is 38.2 Å². The van der Waals surface area contributed by atoms with Crippen LogP contribution in [-0.2, 0) is 10.0 Å². The van der Waals surface area contributed by atoms with Gasteiger partial charge in [0.1, 0.15) is 16.8 Å². The molecule has 1 N–H and O–H groups in total. The van der Waals surface area contributed by atoms with Crippen LogP contribution in [0.4, 0.5) is 4.39 Å². The van der Waals surface area contributed by atoms with Crippen LogP contribution < -0.4 is 4.72 Å². The normalized spacial score (nSPS) is 18.4. The molecule has 0 heterocycles. The summed E-state index contributed by atoms with van der Waals surface area (Å²) in [5.41, 5.74) is 0. The molecule has 1 aliphatic rings. The van der Waals surface area contributed by atoms with Crippen molar-refractivity contribution in [2.75, 3.05) is 0 Å². The molecule has 0 spiro atoms. The summed E-state index contributed by atoms with van der Waals surface area (Å²) in [4.78, 5) is -0.406. The number of sulfonamides is 1. The molecule has 1 aliphatic carbocycles. The summed E-state index contributed by atoms with van der Waals surface area (Å²) >= 11 is 0. The van der Waals surface area contributed by atoms with Gasteiger partial charge in [0, 0.05) is 0 Å². The summed E-state index contributed by atoms with van der Waals surface area (Å²) in [6.07, 6.45) is 4.79. The lowest BCUT2D eigenvalue weighted by Gasteiger charge is -2.26. The zero-order valence-electron chi connectivity index (χ0n) is 11.0. The van der Waals surface area contributed by atoms with E-state index in [4.69, 9.17) is 0 Å². The van der Waals surface area contributed by atoms with Crippen LogP contribution >= 0.6 is 0 Å². The van der Waals surface area contributed by atoms with E-state index in [0.29, 0.717) is 0 Å². The van der Waals surface area contributed by atoms with Gasteiger partial charge in [0.15, 0.2) is 0 Å². The van der Waals surface area contributed by atoms with Crippen LogP contribution in [0.25, 0.3) is 0 Å². The Balaban J connectivity index is 2.18. The maximum atomic E-state index is 13.6. The molecule has 1 aromatic rings. The third kappa shape index (κ3) is 3.35. The Morgan fingerprint density at radius 1 is 1.25 bits per heavy atom. The second-order valence-electron chi connectivity index (χ2n) is 5.06. The van der Waals surface area contributed by atoms with Crippen LogP contribution in [0.15, 0.2) is 29.2 Å². The summed E-state index contributed by atoms with van der Waals surface area (Å²) < 4.78 is 40.2. The fourth-order valence-electron chi connectivity index (χ4n) is 2.59. The predicted octanol–water partition coefficient (Wildman–Crippen LogP) is 2.58. The van der Waals surface area contributed by atoms with E-state index < -0.39 is 26.8 Å². The van der Waals surface area contributed by atoms with Crippen molar-refractivity contribution in [3.05, 3.63) is 30.1 Å². The molecule has 1 aromatic carbocycles. The van der Waals surface area contributed by atoms with Crippen LogP contribution in [0.3, 0.4) is 0 Å². The molecule has 2 rings (SSSR count). The Hall–Kier alpha value is -1.45. The fourth-order valence-corrected chi connectivity index (χ4v) is 3.88. The quantitative estimate of drug-likeness (QED) is 0.928. The topological polar surface area (TPSA) is 70.0 Å². The average molecular weight is 296 g/mol. The molecule has 0 amide bonds. The molecular weight excluding hydrogens is 279 g/mol. The minimum absolute atomic E-state index is 0.00954. The van der Waals surface area contributed by atoms with Gasteiger partial charge in [0.25, 0.3) is 0 Å². The standard InChI is InChI=1S/C14H17FN2O2S/c15-12-8-4-5-9-14(12)20(18,19)17-13(10-16)11-6-2-1-3-7-11/h4-5,8-9,11,13,17H,1-3,6-7H2. The summed E-state index contributed by atoms with van der Waals surface area (Å²) in [7, 11) is -4.00. The van der Waals surface area contributed by atoms with E-state index in [1.165, 1.54) is 18.2 Å². The largest absolute Gasteiger partial charge is 0.244 e. The first-order valence-electron chi connectivity index (χ1n) is 6.71. The van der Waals surface area contributed by atoms with Gasteiger partial charge in [0.2, 0.25) is 10.0 Å². The molecule has 0 bridgehead atoms. The minimum Gasteiger partial charge on any atom is -0.207 e. The van der Waals surface area contributed by atoms with Crippen molar-refractivity contribution in [3.8, 4) is 6.07 Å². The monoisotopic (exact) mass is 296 g/mol. The predicted molar refractivity (Wildman–Crippen MR) is 72.7 cm³/mol. The lowest BCUT2D eigenvalue weighted by atomic mass is 9.85. The highest BCUT2D eigenvalue weighted by molar-refractivity contribution is 7.89. The number of nitrogens with zero attached hydrogens (tertiary/aromatic N) is 1. The van der Waals surface area contributed by atoms with Gasteiger partial charge in [-0.1, -0.05) is 31.4 Å². The summed E-state index contributed by atoms with van der Waals surface area (Å²) in [6, 6.07) is 6.39. The number of hydrogen-bond acceptors (Lipinski definition) is 3. The van der Waals surface area contributed by atoms with Crippen molar-refractivity contribution in [3.63, 3.8) is 0 Å². The number of hydrogen-bond donors (Lipinski definition) is 1. The Labute approximate surface area is 118 Å². The molecule has 0 radical (unpaired) electrons. The van der Waals surface area contributed by atoms with E-state index in [9.17, 15) is 18.1 Å². The average Bonchev–Trinajstić information content (AvgIpc) is 2.46. The van der Waals surface area contributed by atoms with Gasteiger partial charge in [-0.3, -0.25) is 0 Å². The number of rotatable bonds is 4. The van der Waals surface area contributed by atoms with E-state index in [-0.39, 0.29) is 5.92 Å². The van der Waals surface area contributed by atoms with Crippen molar-refractivity contribution >= 4 is 10.0 Å². The number of benzene rings is 1. The SMILES string of the molecule is N#CC(NS(=O)(=O)c1ccccc1F)C1CCCCC1. The molecule has 108 valence electrons. The Kier molecular flexibility index (Phi) is 4.73. The first-order chi connectivity index (χ1) is 9.54. The summed E-state index contributed by atoms with van der Waals surface area (Å²) in [6.45, 7) is 0. The second kappa shape index (κ2) is 6.33. The zero-order valence-corrected chi connectivity index (χ0v) is 11.9. The first kappa shape index (κ1) is 14.9. The van der Waals surface area contributed by atoms with Gasteiger partial charge in [0.05, 0.1) is 6.07 Å².